The lowest BCUT2D eigenvalue weighted by molar-refractivity contribution is -0.138. The van der Waals surface area contributed by atoms with Crippen LogP contribution >= 0.6 is 24.0 Å². The first-order chi connectivity index (χ1) is 18.9. The van der Waals surface area contributed by atoms with Crippen LogP contribution in [0.1, 0.15) is 22.7 Å². The molecule has 1 spiro atoms. The SMILES string of the molecule is O=C1CSC2(C(=O)Nc3ccccc32)N1NC(=S)NNC(c1ccc(O)cc1)c1c(O)ccc2ccccc12. The molecule has 2 unspecified atom stereocenters. The minimum atomic E-state index is -1.29. The second kappa shape index (κ2) is 9.77. The normalized spacial score (nSPS) is 18.7. The van der Waals surface area contributed by atoms with E-state index in [0.29, 0.717) is 16.8 Å². The fourth-order valence-electron chi connectivity index (χ4n) is 5.04. The van der Waals surface area contributed by atoms with Gasteiger partial charge >= 0.3 is 0 Å². The first kappa shape index (κ1) is 25.0. The maximum atomic E-state index is 13.1. The molecule has 1 fully saturated rings. The summed E-state index contributed by atoms with van der Waals surface area (Å²) in [6, 6.07) is 24.4. The zero-order valence-electron chi connectivity index (χ0n) is 20.3. The molecule has 6 rings (SSSR count). The fraction of sp³-hybridized carbons (Fsp3) is 0.107. The Morgan fingerprint density at radius 3 is 2.54 bits per heavy atom. The van der Waals surface area contributed by atoms with Gasteiger partial charge in [-0.1, -0.05) is 60.7 Å². The molecule has 4 aromatic rings. The highest BCUT2D eigenvalue weighted by Crippen LogP contribution is 2.51. The number of para-hydroxylation sites is 1. The molecule has 6 N–H and O–H groups in total. The van der Waals surface area contributed by atoms with Crippen molar-refractivity contribution in [1.29, 1.82) is 0 Å². The number of phenolic OH excluding ortho intramolecular Hbond substituents is 2. The Hall–Kier alpha value is -4.32. The molecular formula is C28H23N5O4S2. The molecule has 196 valence electrons. The van der Waals surface area contributed by atoms with Crippen molar-refractivity contribution in [3.63, 3.8) is 0 Å². The van der Waals surface area contributed by atoms with Gasteiger partial charge in [-0.25, -0.2) is 10.4 Å². The summed E-state index contributed by atoms with van der Waals surface area (Å²) in [5, 5.41) is 26.7. The fourth-order valence-corrected chi connectivity index (χ4v) is 6.44. The predicted octanol–water partition coefficient (Wildman–Crippen LogP) is 3.60. The molecule has 2 aliphatic rings. The average molecular weight is 558 g/mol. The molecule has 2 heterocycles. The van der Waals surface area contributed by atoms with E-state index in [9.17, 15) is 19.8 Å². The van der Waals surface area contributed by atoms with E-state index < -0.39 is 10.9 Å². The maximum Gasteiger partial charge on any atom is 0.267 e. The molecule has 9 nitrogen and oxygen atoms in total. The number of nitrogens with one attached hydrogen (secondary N) is 4. The summed E-state index contributed by atoms with van der Waals surface area (Å²) in [6.07, 6.45) is 0. The van der Waals surface area contributed by atoms with E-state index in [2.05, 4.69) is 21.6 Å². The Bertz CT molecular complexity index is 1630. The van der Waals surface area contributed by atoms with Crippen molar-refractivity contribution in [2.75, 3.05) is 11.1 Å². The number of thiocarbonyl (C=S) groups is 1. The van der Waals surface area contributed by atoms with Crippen LogP contribution in [0.3, 0.4) is 0 Å². The van der Waals surface area contributed by atoms with Crippen molar-refractivity contribution in [3.05, 3.63) is 102 Å². The number of hydrazine groups is 2. The number of benzene rings is 4. The van der Waals surface area contributed by atoms with Gasteiger partial charge in [0, 0.05) is 16.8 Å². The molecule has 0 aliphatic carbocycles. The van der Waals surface area contributed by atoms with Crippen LogP contribution in [0.15, 0.2) is 84.9 Å². The average Bonchev–Trinajstić information content (AvgIpc) is 3.42. The highest BCUT2D eigenvalue weighted by atomic mass is 32.2. The number of hydrogen-bond donors (Lipinski definition) is 6. The van der Waals surface area contributed by atoms with E-state index in [1.54, 1.807) is 36.4 Å². The minimum absolute atomic E-state index is 0.0471. The first-order valence-electron chi connectivity index (χ1n) is 12.1. The van der Waals surface area contributed by atoms with Crippen LogP contribution in [0, 0.1) is 0 Å². The van der Waals surface area contributed by atoms with E-state index in [1.807, 2.05) is 48.5 Å². The topological polar surface area (TPSA) is 126 Å². The molecule has 2 amide bonds. The summed E-state index contributed by atoms with van der Waals surface area (Å²) < 4.78 is 0. The van der Waals surface area contributed by atoms with Crippen LogP contribution in [0.4, 0.5) is 5.69 Å². The standard InChI is InChI=1S/C28H23N5O4S2/c34-18-12-9-17(10-13-18)25(24-19-6-2-1-5-16(19)11-14-22(24)35)30-31-27(38)32-33-23(36)15-39-28(33)20-7-3-4-8-21(20)29-26(28)37/h1-14,25,30,34-35H,15H2,(H,29,37)(H2,31,32,38). The molecule has 0 radical (unpaired) electrons. The van der Waals surface area contributed by atoms with Gasteiger partial charge in [0.1, 0.15) is 11.5 Å². The highest BCUT2D eigenvalue weighted by Gasteiger charge is 2.58. The van der Waals surface area contributed by atoms with Crippen molar-refractivity contribution in [2.45, 2.75) is 10.9 Å². The molecule has 1 saturated heterocycles. The molecule has 0 aromatic heterocycles. The minimum Gasteiger partial charge on any atom is -0.508 e. The number of aromatic hydroxyl groups is 2. The number of fused-ring (bicyclic) bond motifs is 3. The lowest BCUT2D eigenvalue weighted by Crippen LogP contribution is -2.59. The first-order valence-corrected chi connectivity index (χ1v) is 13.5. The van der Waals surface area contributed by atoms with Crippen LogP contribution in [0.25, 0.3) is 10.8 Å². The third-order valence-corrected chi connectivity index (χ3v) is 8.41. The summed E-state index contributed by atoms with van der Waals surface area (Å²) in [4.78, 5) is 24.8. The Balaban J connectivity index is 1.30. The van der Waals surface area contributed by atoms with Crippen molar-refractivity contribution in [3.8, 4) is 11.5 Å². The monoisotopic (exact) mass is 557 g/mol. The summed E-state index contributed by atoms with van der Waals surface area (Å²) in [5.74, 6) is -0.340. The van der Waals surface area contributed by atoms with Crippen molar-refractivity contribution < 1.29 is 19.8 Å². The van der Waals surface area contributed by atoms with Gasteiger partial charge in [0.2, 0.25) is 4.87 Å². The quantitative estimate of drug-likeness (QED) is 0.161. The molecule has 0 saturated carbocycles. The van der Waals surface area contributed by atoms with Gasteiger partial charge in [0.15, 0.2) is 5.11 Å². The summed E-state index contributed by atoms with van der Waals surface area (Å²) >= 11 is 6.77. The van der Waals surface area contributed by atoms with Gasteiger partial charge in [-0.05, 0) is 52.8 Å². The van der Waals surface area contributed by atoms with Crippen LogP contribution in [-0.2, 0) is 14.5 Å². The molecule has 39 heavy (non-hydrogen) atoms. The predicted molar refractivity (Wildman–Crippen MR) is 154 cm³/mol. The third-order valence-electron chi connectivity index (χ3n) is 6.82. The Morgan fingerprint density at radius 2 is 1.72 bits per heavy atom. The number of anilines is 1. The van der Waals surface area contributed by atoms with E-state index in [1.165, 1.54) is 16.8 Å². The largest absolute Gasteiger partial charge is 0.508 e. The summed E-state index contributed by atoms with van der Waals surface area (Å²) in [6.45, 7) is 0. The van der Waals surface area contributed by atoms with Crippen molar-refractivity contribution >= 4 is 57.4 Å². The second-order valence-corrected chi connectivity index (χ2v) is 10.7. The molecular weight excluding hydrogens is 534 g/mol. The number of carbonyl (C=O) groups is 2. The third kappa shape index (κ3) is 4.20. The lowest BCUT2D eigenvalue weighted by Gasteiger charge is -2.33. The second-order valence-electron chi connectivity index (χ2n) is 9.12. The van der Waals surface area contributed by atoms with Gasteiger partial charge < -0.3 is 15.5 Å². The van der Waals surface area contributed by atoms with Crippen molar-refractivity contribution in [2.24, 2.45) is 0 Å². The van der Waals surface area contributed by atoms with E-state index in [-0.39, 0.29) is 34.2 Å². The number of thioether (sulfide) groups is 1. The number of carbonyl (C=O) groups excluding carboxylic acids is 2. The van der Waals surface area contributed by atoms with E-state index in [4.69, 9.17) is 12.2 Å². The molecule has 2 aliphatic heterocycles. The molecule has 4 aromatic carbocycles. The number of rotatable bonds is 5. The van der Waals surface area contributed by atoms with Crippen LogP contribution in [-0.4, -0.2) is 37.9 Å². The zero-order valence-corrected chi connectivity index (χ0v) is 22.0. The lowest BCUT2D eigenvalue weighted by atomic mass is 9.93. The van der Waals surface area contributed by atoms with Crippen LogP contribution in [0.5, 0.6) is 11.5 Å². The van der Waals surface area contributed by atoms with Crippen molar-refractivity contribution in [1.82, 2.24) is 21.3 Å². The maximum absolute atomic E-state index is 13.1. The number of hydrogen-bond acceptors (Lipinski definition) is 7. The number of phenols is 2. The summed E-state index contributed by atoms with van der Waals surface area (Å²) in [5.41, 5.74) is 11.7. The Morgan fingerprint density at radius 1 is 0.974 bits per heavy atom. The smallest absolute Gasteiger partial charge is 0.267 e. The molecule has 11 heteroatoms. The highest BCUT2D eigenvalue weighted by molar-refractivity contribution is 8.02. The zero-order chi connectivity index (χ0) is 27.1. The number of amides is 2. The van der Waals surface area contributed by atoms with E-state index in [0.717, 1.165) is 16.3 Å². The van der Waals surface area contributed by atoms with Gasteiger partial charge in [-0.3, -0.25) is 20.4 Å². The van der Waals surface area contributed by atoms with Gasteiger partial charge in [-0.2, -0.15) is 0 Å². The van der Waals surface area contributed by atoms with Crippen LogP contribution in [0.2, 0.25) is 0 Å². The van der Waals surface area contributed by atoms with Gasteiger partial charge in [-0.15, -0.1) is 11.8 Å². The molecule has 2 atom stereocenters. The van der Waals surface area contributed by atoms with Gasteiger partial charge in [0.25, 0.3) is 11.8 Å². The molecule has 0 bridgehead atoms. The Kier molecular flexibility index (Phi) is 6.26. The van der Waals surface area contributed by atoms with Gasteiger partial charge in [0.05, 0.1) is 11.8 Å². The van der Waals surface area contributed by atoms with Crippen LogP contribution < -0.4 is 21.6 Å². The van der Waals surface area contributed by atoms with E-state index >= 15 is 0 Å². The Labute approximate surface area is 233 Å². The number of nitrogens with zero attached hydrogens (tertiary/aromatic N) is 1. The summed E-state index contributed by atoms with van der Waals surface area (Å²) in [7, 11) is 0.